The second-order valence-electron chi connectivity index (χ2n) is 5.65. The molecule has 0 unspecified atom stereocenters. The molecule has 0 spiro atoms. The summed E-state index contributed by atoms with van der Waals surface area (Å²) in [6.07, 6.45) is 2.07. The van der Waals surface area contributed by atoms with E-state index in [-0.39, 0.29) is 18.2 Å². The lowest BCUT2D eigenvalue weighted by molar-refractivity contribution is -0.120. The standard InChI is InChI=1S/C19H18ClN3O2/c20-15-6-7-17-16(11-15)14(12-23-17)10-18(24)21-8-9-22-19(25)13-4-2-1-3-5-13/h1-7,11-12,23H,8-10H2,(H,21,24)(H,22,25). The number of nitrogens with one attached hydrogen (secondary N) is 3. The Hall–Kier alpha value is -2.79. The van der Waals surface area contributed by atoms with Gasteiger partial charge in [0, 0.05) is 40.8 Å². The Balaban J connectivity index is 1.46. The van der Waals surface area contributed by atoms with Crippen LogP contribution in [-0.2, 0) is 11.2 Å². The molecule has 0 saturated heterocycles. The van der Waals surface area contributed by atoms with Gasteiger partial charge in [-0.2, -0.15) is 0 Å². The maximum atomic E-state index is 12.1. The number of aromatic nitrogens is 1. The molecule has 2 aromatic carbocycles. The van der Waals surface area contributed by atoms with Gasteiger partial charge in [-0.05, 0) is 35.9 Å². The molecule has 6 heteroatoms. The van der Waals surface area contributed by atoms with Crippen molar-refractivity contribution in [3.63, 3.8) is 0 Å². The minimum atomic E-state index is -0.152. The van der Waals surface area contributed by atoms with Crippen LogP contribution in [0.5, 0.6) is 0 Å². The predicted octanol–water partition coefficient (Wildman–Crippen LogP) is 2.91. The quantitative estimate of drug-likeness (QED) is 0.595. The van der Waals surface area contributed by atoms with Gasteiger partial charge >= 0.3 is 0 Å². The van der Waals surface area contributed by atoms with Crippen LogP contribution in [0.25, 0.3) is 10.9 Å². The summed E-state index contributed by atoms with van der Waals surface area (Å²) >= 11 is 6.01. The summed E-state index contributed by atoms with van der Waals surface area (Å²) in [5.74, 6) is -0.254. The third-order valence-electron chi connectivity index (χ3n) is 3.85. The smallest absolute Gasteiger partial charge is 0.251 e. The maximum absolute atomic E-state index is 12.1. The molecule has 0 aliphatic carbocycles. The summed E-state index contributed by atoms with van der Waals surface area (Å²) in [5.41, 5.74) is 2.44. The van der Waals surface area contributed by atoms with Crippen LogP contribution in [0.1, 0.15) is 15.9 Å². The van der Waals surface area contributed by atoms with E-state index in [1.54, 1.807) is 18.2 Å². The largest absolute Gasteiger partial charge is 0.361 e. The summed E-state index contributed by atoms with van der Waals surface area (Å²) in [7, 11) is 0. The lowest BCUT2D eigenvalue weighted by atomic mass is 10.1. The Kier molecular flexibility index (Phi) is 5.36. The van der Waals surface area contributed by atoms with Gasteiger partial charge in [0.15, 0.2) is 0 Å². The molecule has 5 nitrogen and oxygen atoms in total. The molecule has 128 valence electrons. The molecule has 25 heavy (non-hydrogen) atoms. The number of carbonyl (C=O) groups excluding carboxylic acids is 2. The minimum absolute atomic E-state index is 0.102. The molecule has 1 aromatic heterocycles. The predicted molar refractivity (Wildman–Crippen MR) is 98.8 cm³/mol. The minimum Gasteiger partial charge on any atom is -0.361 e. The summed E-state index contributed by atoms with van der Waals surface area (Å²) in [6.45, 7) is 0.750. The summed E-state index contributed by atoms with van der Waals surface area (Å²) in [6, 6.07) is 14.5. The Morgan fingerprint density at radius 3 is 2.56 bits per heavy atom. The third-order valence-corrected chi connectivity index (χ3v) is 4.08. The summed E-state index contributed by atoms with van der Waals surface area (Å²) in [5, 5.41) is 7.16. The van der Waals surface area contributed by atoms with Crippen molar-refractivity contribution >= 4 is 34.3 Å². The number of hydrogen-bond acceptors (Lipinski definition) is 2. The Morgan fingerprint density at radius 1 is 1.00 bits per heavy atom. The van der Waals surface area contributed by atoms with Crippen molar-refractivity contribution in [2.24, 2.45) is 0 Å². The molecule has 0 aliphatic heterocycles. The van der Waals surface area contributed by atoms with E-state index in [1.807, 2.05) is 36.5 Å². The van der Waals surface area contributed by atoms with Crippen molar-refractivity contribution in [1.82, 2.24) is 15.6 Å². The first-order valence-corrected chi connectivity index (χ1v) is 8.37. The van der Waals surface area contributed by atoms with Crippen LogP contribution in [0.2, 0.25) is 5.02 Å². The molecule has 2 amide bonds. The second-order valence-corrected chi connectivity index (χ2v) is 6.09. The normalized spacial score (nSPS) is 10.6. The van der Waals surface area contributed by atoms with Gasteiger partial charge in [0.1, 0.15) is 0 Å². The van der Waals surface area contributed by atoms with Gasteiger partial charge in [0.05, 0.1) is 6.42 Å². The number of amides is 2. The molecule has 3 aromatic rings. The van der Waals surface area contributed by atoms with E-state index in [1.165, 1.54) is 0 Å². The molecular formula is C19H18ClN3O2. The number of benzene rings is 2. The molecule has 0 atom stereocenters. The number of H-pyrrole nitrogens is 1. The fraction of sp³-hybridized carbons (Fsp3) is 0.158. The fourth-order valence-corrected chi connectivity index (χ4v) is 2.77. The number of aromatic amines is 1. The molecule has 0 radical (unpaired) electrons. The van der Waals surface area contributed by atoms with Crippen molar-refractivity contribution in [3.05, 3.63) is 70.9 Å². The molecule has 0 fully saturated rings. The van der Waals surface area contributed by atoms with Crippen molar-refractivity contribution in [2.45, 2.75) is 6.42 Å². The van der Waals surface area contributed by atoms with Gasteiger partial charge in [0.2, 0.25) is 5.91 Å². The Morgan fingerprint density at radius 2 is 1.76 bits per heavy atom. The lowest BCUT2D eigenvalue weighted by Crippen LogP contribution is -2.35. The SMILES string of the molecule is O=C(Cc1c[nH]c2ccc(Cl)cc12)NCCNC(=O)c1ccccc1. The van der Waals surface area contributed by atoms with Crippen LogP contribution in [0.4, 0.5) is 0 Å². The highest BCUT2D eigenvalue weighted by Crippen LogP contribution is 2.22. The van der Waals surface area contributed by atoms with Crippen LogP contribution < -0.4 is 10.6 Å². The number of hydrogen-bond donors (Lipinski definition) is 3. The molecule has 3 rings (SSSR count). The first-order chi connectivity index (χ1) is 12.1. The van der Waals surface area contributed by atoms with E-state index in [0.717, 1.165) is 16.5 Å². The highest BCUT2D eigenvalue weighted by Gasteiger charge is 2.09. The van der Waals surface area contributed by atoms with Crippen molar-refractivity contribution in [3.8, 4) is 0 Å². The van der Waals surface area contributed by atoms with Crippen molar-refractivity contribution in [2.75, 3.05) is 13.1 Å². The van der Waals surface area contributed by atoms with E-state index in [4.69, 9.17) is 11.6 Å². The van der Waals surface area contributed by atoms with Crippen LogP contribution >= 0.6 is 11.6 Å². The summed E-state index contributed by atoms with van der Waals surface area (Å²) < 4.78 is 0. The zero-order valence-electron chi connectivity index (χ0n) is 13.5. The van der Waals surface area contributed by atoms with E-state index in [0.29, 0.717) is 23.7 Å². The molecule has 1 heterocycles. The number of carbonyl (C=O) groups is 2. The van der Waals surface area contributed by atoms with Crippen LogP contribution in [-0.4, -0.2) is 29.9 Å². The summed E-state index contributed by atoms with van der Waals surface area (Å²) in [4.78, 5) is 27.1. The zero-order valence-corrected chi connectivity index (χ0v) is 14.3. The number of rotatable bonds is 6. The van der Waals surface area contributed by atoms with Gasteiger partial charge in [-0.3, -0.25) is 9.59 Å². The highest BCUT2D eigenvalue weighted by molar-refractivity contribution is 6.31. The Bertz CT molecular complexity index is 890. The van der Waals surface area contributed by atoms with E-state index >= 15 is 0 Å². The van der Waals surface area contributed by atoms with Crippen LogP contribution in [0.15, 0.2) is 54.7 Å². The molecule has 0 bridgehead atoms. The van der Waals surface area contributed by atoms with E-state index in [9.17, 15) is 9.59 Å². The first-order valence-electron chi connectivity index (χ1n) is 7.99. The van der Waals surface area contributed by atoms with Crippen LogP contribution in [0, 0.1) is 0 Å². The number of fused-ring (bicyclic) bond motifs is 1. The average Bonchev–Trinajstić information content (AvgIpc) is 3.01. The molecular weight excluding hydrogens is 338 g/mol. The van der Waals surface area contributed by atoms with Gasteiger partial charge < -0.3 is 15.6 Å². The first kappa shape index (κ1) is 17.0. The van der Waals surface area contributed by atoms with Gasteiger partial charge in [-0.1, -0.05) is 29.8 Å². The molecule has 3 N–H and O–H groups in total. The lowest BCUT2D eigenvalue weighted by Gasteiger charge is -2.07. The van der Waals surface area contributed by atoms with Gasteiger partial charge in [0.25, 0.3) is 5.91 Å². The molecule has 0 aliphatic rings. The zero-order chi connectivity index (χ0) is 17.6. The monoisotopic (exact) mass is 355 g/mol. The average molecular weight is 356 g/mol. The highest BCUT2D eigenvalue weighted by atomic mass is 35.5. The third kappa shape index (κ3) is 4.39. The second kappa shape index (κ2) is 7.85. The fourth-order valence-electron chi connectivity index (χ4n) is 2.60. The molecule has 0 saturated carbocycles. The maximum Gasteiger partial charge on any atom is 0.251 e. The van der Waals surface area contributed by atoms with Gasteiger partial charge in [-0.25, -0.2) is 0 Å². The van der Waals surface area contributed by atoms with Gasteiger partial charge in [-0.15, -0.1) is 0 Å². The topological polar surface area (TPSA) is 74.0 Å². The van der Waals surface area contributed by atoms with E-state index in [2.05, 4.69) is 15.6 Å². The number of halogens is 1. The van der Waals surface area contributed by atoms with Crippen molar-refractivity contribution in [1.29, 1.82) is 0 Å². The van der Waals surface area contributed by atoms with Crippen LogP contribution in [0.3, 0.4) is 0 Å². The Labute approximate surface area is 150 Å². The van der Waals surface area contributed by atoms with E-state index < -0.39 is 0 Å². The van der Waals surface area contributed by atoms with Crippen molar-refractivity contribution < 1.29 is 9.59 Å².